The van der Waals surface area contributed by atoms with Gasteiger partial charge in [-0.1, -0.05) is 35.9 Å². The Balaban J connectivity index is 2.08. The molecule has 0 unspecified atom stereocenters. The van der Waals surface area contributed by atoms with Crippen molar-refractivity contribution in [2.75, 3.05) is 26.6 Å². The lowest BCUT2D eigenvalue weighted by Crippen LogP contribution is -2.40. The predicted octanol–water partition coefficient (Wildman–Crippen LogP) is 5.05. The molecule has 0 heterocycles. The third-order valence-electron chi connectivity index (χ3n) is 5.86. The third-order valence-corrected chi connectivity index (χ3v) is 6.11. The van der Waals surface area contributed by atoms with Crippen LogP contribution in [0.3, 0.4) is 0 Å². The van der Waals surface area contributed by atoms with Crippen LogP contribution < -0.4 is 10.1 Å². The average molecular weight is 458 g/mol. The third kappa shape index (κ3) is 5.43. The molecule has 0 aromatic heterocycles. The Kier molecular flexibility index (Phi) is 8.17. The number of methoxy groups -OCH3 is 3. The molecule has 7 heteroatoms. The van der Waals surface area contributed by atoms with Gasteiger partial charge in [0, 0.05) is 16.6 Å². The number of anilines is 1. The quantitative estimate of drug-likeness (QED) is 0.442. The van der Waals surface area contributed by atoms with E-state index in [0.29, 0.717) is 17.2 Å². The predicted molar refractivity (Wildman–Crippen MR) is 124 cm³/mol. The van der Waals surface area contributed by atoms with E-state index >= 15 is 0 Å². The fourth-order valence-electron chi connectivity index (χ4n) is 4.22. The summed E-state index contributed by atoms with van der Waals surface area (Å²) in [6.07, 6.45) is 5.31. The molecule has 0 saturated heterocycles. The van der Waals surface area contributed by atoms with Crippen molar-refractivity contribution in [1.82, 2.24) is 0 Å². The number of esters is 2. The first kappa shape index (κ1) is 23.7. The van der Waals surface area contributed by atoms with Crippen LogP contribution in [0.2, 0.25) is 5.02 Å². The molecule has 0 spiro atoms. The summed E-state index contributed by atoms with van der Waals surface area (Å²) >= 11 is 6.05. The van der Waals surface area contributed by atoms with E-state index in [4.69, 9.17) is 25.8 Å². The molecule has 170 valence electrons. The van der Waals surface area contributed by atoms with Gasteiger partial charge in [0.1, 0.15) is 5.75 Å². The largest absolute Gasteiger partial charge is 0.497 e. The Hall–Kier alpha value is -2.99. The van der Waals surface area contributed by atoms with Gasteiger partial charge in [0.2, 0.25) is 0 Å². The Morgan fingerprint density at radius 1 is 1.00 bits per heavy atom. The van der Waals surface area contributed by atoms with Gasteiger partial charge in [0.25, 0.3) is 0 Å². The SMILES string of the molecule is COC(=O)[C@H]([C@H]1C=CCC[C@@H]1C(=O)OC)[C@H](Nc1ccc(Cl)cc1)c1ccc(OC)cc1. The summed E-state index contributed by atoms with van der Waals surface area (Å²) in [4.78, 5) is 25.7. The molecule has 1 N–H and O–H groups in total. The van der Waals surface area contributed by atoms with E-state index in [2.05, 4.69) is 5.32 Å². The summed E-state index contributed by atoms with van der Waals surface area (Å²) in [7, 11) is 4.34. The molecule has 1 aliphatic rings. The topological polar surface area (TPSA) is 73.9 Å². The second-order valence-corrected chi connectivity index (χ2v) is 8.10. The monoisotopic (exact) mass is 457 g/mol. The van der Waals surface area contributed by atoms with Gasteiger partial charge in [-0.15, -0.1) is 0 Å². The highest BCUT2D eigenvalue weighted by atomic mass is 35.5. The number of carbonyl (C=O) groups is 2. The van der Waals surface area contributed by atoms with Crippen molar-refractivity contribution in [3.05, 3.63) is 71.3 Å². The van der Waals surface area contributed by atoms with Crippen molar-refractivity contribution < 1.29 is 23.8 Å². The molecular weight excluding hydrogens is 430 g/mol. The van der Waals surface area contributed by atoms with Crippen LogP contribution >= 0.6 is 11.6 Å². The second kappa shape index (κ2) is 11.0. The Bertz CT molecular complexity index is 942. The number of halogens is 1. The van der Waals surface area contributed by atoms with Crippen LogP contribution in [0.5, 0.6) is 5.75 Å². The van der Waals surface area contributed by atoms with Crippen LogP contribution in [0, 0.1) is 17.8 Å². The Labute approximate surface area is 193 Å². The van der Waals surface area contributed by atoms with Crippen LogP contribution in [0.1, 0.15) is 24.4 Å². The van der Waals surface area contributed by atoms with Gasteiger partial charge in [0.15, 0.2) is 0 Å². The van der Waals surface area contributed by atoms with E-state index in [9.17, 15) is 9.59 Å². The smallest absolute Gasteiger partial charge is 0.311 e. The van der Waals surface area contributed by atoms with Crippen LogP contribution in [0.15, 0.2) is 60.7 Å². The summed E-state index contributed by atoms with van der Waals surface area (Å²) < 4.78 is 15.6. The van der Waals surface area contributed by atoms with Crippen LogP contribution in [-0.4, -0.2) is 33.3 Å². The van der Waals surface area contributed by atoms with Gasteiger partial charge in [0.05, 0.1) is 39.2 Å². The van der Waals surface area contributed by atoms with Crippen LogP contribution in [0.4, 0.5) is 5.69 Å². The molecule has 0 bridgehead atoms. The summed E-state index contributed by atoms with van der Waals surface area (Å²) in [5, 5.41) is 4.08. The van der Waals surface area contributed by atoms with E-state index in [1.807, 2.05) is 48.6 Å². The molecule has 2 aromatic carbocycles. The molecule has 3 rings (SSSR count). The molecule has 32 heavy (non-hydrogen) atoms. The van der Waals surface area contributed by atoms with E-state index < -0.39 is 29.8 Å². The first-order chi connectivity index (χ1) is 15.5. The van der Waals surface area contributed by atoms with Gasteiger partial charge in [-0.2, -0.15) is 0 Å². The molecule has 0 aliphatic heterocycles. The maximum absolute atomic E-state index is 13.2. The lowest BCUT2D eigenvalue weighted by molar-refractivity contribution is -0.153. The molecule has 0 saturated carbocycles. The van der Waals surface area contributed by atoms with E-state index in [1.54, 1.807) is 19.2 Å². The van der Waals surface area contributed by atoms with Gasteiger partial charge >= 0.3 is 11.9 Å². The number of nitrogens with one attached hydrogen (secondary N) is 1. The van der Waals surface area contributed by atoms with Crippen molar-refractivity contribution in [2.24, 2.45) is 17.8 Å². The van der Waals surface area contributed by atoms with E-state index in [1.165, 1.54) is 14.2 Å². The minimum absolute atomic E-state index is 0.326. The fourth-order valence-corrected chi connectivity index (χ4v) is 4.35. The van der Waals surface area contributed by atoms with Crippen molar-refractivity contribution in [3.8, 4) is 5.75 Å². The zero-order valence-electron chi connectivity index (χ0n) is 18.4. The summed E-state index contributed by atoms with van der Waals surface area (Å²) in [6, 6.07) is 14.3. The number of hydrogen-bond acceptors (Lipinski definition) is 6. The molecule has 6 nitrogen and oxygen atoms in total. The summed E-state index contributed by atoms with van der Waals surface area (Å²) in [5.74, 6) is -1.54. The minimum Gasteiger partial charge on any atom is -0.497 e. The number of carbonyl (C=O) groups excluding carboxylic acids is 2. The van der Waals surface area contributed by atoms with Crippen molar-refractivity contribution in [1.29, 1.82) is 0 Å². The highest BCUT2D eigenvalue weighted by Gasteiger charge is 2.43. The van der Waals surface area contributed by atoms with Crippen molar-refractivity contribution in [2.45, 2.75) is 18.9 Å². The second-order valence-electron chi connectivity index (χ2n) is 7.66. The zero-order chi connectivity index (χ0) is 23.1. The van der Waals surface area contributed by atoms with Crippen LogP contribution in [-0.2, 0) is 19.1 Å². The van der Waals surface area contributed by atoms with Gasteiger partial charge in [-0.05, 0) is 54.8 Å². The van der Waals surface area contributed by atoms with Crippen molar-refractivity contribution in [3.63, 3.8) is 0 Å². The van der Waals surface area contributed by atoms with E-state index in [0.717, 1.165) is 17.7 Å². The first-order valence-electron chi connectivity index (χ1n) is 10.5. The number of hydrogen-bond donors (Lipinski definition) is 1. The van der Waals surface area contributed by atoms with Gasteiger partial charge in [-0.25, -0.2) is 0 Å². The lowest BCUT2D eigenvalue weighted by atomic mass is 9.72. The number of ether oxygens (including phenoxy) is 3. The maximum Gasteiger partial charge on any atom is 0.311 e. The lowest BCUT2D eigenvalue weighted by Gasteiger charge is -2.36. The Morgan fingerprint density at radius 3 is 2.28 bits per heavy atom. The molecule has 2 aromatic rings. The summed E-state index contributed by atoms with van der Waals surface area (Å²) in [5.41, 5.74) is 1.65. The molecule has 1 aliphatic carbocycles. The molecule has 0 fully saturated rings. The van der Waals surface area contributed by atoms with Gasteiger partial charge in [-0.3, -0.25) is 9.59 Å². The molecule has 0 amide bonds. The molecule has 4 atom stereocenters. The van der Waals surface area contributed by atoms with Crippen molar-refractivity contribution >= 4 is 29.2 Å². The number of allylic oxidation sites excluding steroid dienone is 2. The fraction of sp³-hybridized carbons (Fsp3) is 0.360. The van der Waals surface area contributed by atoms with E-state index in [-0.39, 0.29) is 5.97 Å². The molecule has 0 radical (unpaired) electrons. The van der Waals surface area contributed by atoms with Gasteiger partial charge < -0.3 is 19.5 Å². The summed E-state index contributed by atoms with van der Waals surface area (Å²) in [6.45, 7) is 0. The standard InChI is InChI=1S/C25H28ClNO5/c1-30-19-14-8-16(9-15-19)23(27-18-12-10-17(26)11-13-18)22(25(29)32-3)20-6-4-5-7-21(20)24(28)31-2/h4,6,8-15,20-23,27H,5,7H2,1-3H3/t20-,21-,22+,23+/m0/s1. The number of benzene rings is 2. The maximum atomic E-state index is 13.2. The first-order valence-corrected chi connectivity index (χ1v) is 10.8. The number of rotatable bonds is 8. The van der Waals surface area contributed by atoms with Crippen LogP contribution in [0.25, 0.3) is 0 Å². The average Bonchev–Trinajstić information content (AvgIpc) is 2.84. The molecular formula is C25H28ClNO5. The normalized spacial score (nSPS) is 19.5. The highest BCUT2D eigenvalue weighted by Crippen LogP contribution is 2.41. The Morgan fingerprint density at radius 2 is 1.69 bits per heavy atom. The highest BCUT2D eigenvalue weighted by molar-refractivity contribution is 6.30. The zero-order valence-corrected chi connectivity index (χ0v) is 19.2. The minimum atomic E-state index is -0.676.